The van der Waals surface area contributed by atoms with Crippen molar-refractivity contribution in [3.63, 3.8) is 0 Å². The topological polar surface area (TPSA) is 52.2 Å². The van der Waals surface area contributed by atoms with Gasteiger partial charge in [-0.25, -0.2) is 0 Å². The summed E-state index contributed by atoms with van der Waals surface area (Å²) in [5.41, 5.74) is 2.54. The van der Waals surface area contributed by atoms with Gasteiger partial charge < -0.3 is 15.6 Å². The lowest BCUT2D eigenvalue weighted by molar-refractivity contribution is 0.778. The molecule has 6 heteroatoms. The molecule has 0 amide bonds. The molecule has 0 aliphatic heterocycles. The van der Waals surface area contributed by atoms with Gasteiger partial charge in [0.1, 0.15) is 0 Å². The number of aromatic amines is 1. The summed E-state index contributed by atoms with van der Waals surface area (Å²) < 4.78 is 0. The number of nitrogens with one attached hydrogen (secondary N) is 3. The molecule has 2 aromatic rings. The number of nitrogens with zero attached hydrogens (tertiary/aromatic N) is 1. The van der Waals surface area contributed by atoms with E-state index in [0.717, 1.165) is 31.9 Å². The second-order valence-electron chi connectivity index (χ2n) is 4.88. The molecule has 0 aliphatic carbocycles. The number of halogens is 1. The first-order valence-electron chi connectivity index (χ1n) is 7.33. The zero-order chi connectivity index (χ0) is 14.9. The van der Waals surface area contributed by atoms with Crippen LogP contribution in [0.1, 0.15) is 12.0 Å². The quantitative estimate of drug-likeness (QED) is 0.273. The molecule has 3 N–H and O–H groups in total. The van der Waals surface area contributed by atoms with Gasteiger partial charge in [0.05, 0.1) is 0 Å². The molecule has 0 aliphatic rings. The Morgan fingerprint density at radius 1 is 1.23 bits per heavy atom. The van der Waals surface area contributed by atoms with Crippen LogP contribution >= 0.6 is 35.7 Å². The van der Waals surface area contributed by atoms with Crippen LogP contribution in [0.4, 0.5) is 0 Å². The van der Waals surface area contributed by atoms with Gasteiger partial charge >= 0.3 is 0 Å². The molecule has 0 bridgehead atoms. The first kappa shape index (κ1) is 19.2. The highest BCUT2D eigenvalue weighted by molar-refractivity contribution is 14.0. The Hall–Kier alpha value is -0.890. The molecule has 0 saturated carbocycles. The monoisotopic (exact) mass is 432 g/mol. The maximum atomic E-state index is 4.25. The molecular weight excluding hydrogens is 407 g/mol. The molecule has 1 aromatic carbocycles. The van der Waals surface area contributed by atoms with Crippen LogP contribution in [0.5, 0.6) is 0 Å². The summed E-state index contributed by atoms with van der Waals surface area (Å²) in [6.45, 7) is 1.84. The van der Waals surface area contributed by atoms with Crippen molar-refractivity contribution >= 4 is 52.6 Å². The van der Waals surface area contributed by atoms with Crippen LogP contribution in [0.3, 0.4) is 0 Å². The summed E-state index contributed by atoms with van der Waals surface area (Å²) in [4.78, 5) is 7.56. The van der Waals surface area contributed by atoms with Crippen LogP contribution in [0.2, 0.25) is 0 Å². The molecule has 22 heavy (non-hydrogen) atoms. The Morgan fingerprint density at radius 2 is 2.00 bits per heavy atom. The standard InChI is InChI=1S/C16H24N4S.HI/c1-17-16(18-9-5-11-21-2)19-10-8-13-12-20-15-7-4-3-6-14(13)15;/h3-4,6-7,12,20H,5,8-11H2,1-2H3,(H2,17,18,19);1H. The zero-order valence-electron chi connectivity index (χ0n) is 13.2. The van der Waals surface area contributed by atoms with Crippen molar-refractivity contribution in [3.05, 3.63) is 36.0 Å². The Bertz CT molecular complexity index is 582. The largest absolute Gasteiger partial charge is 0.361 e. The van der Waals surface area contributed by atoms with E-state index in [0.29, 0.717) is 0 Å². The van der Waals surface area contributed by atoms with Gasteiger partial charge in [0.25, 0.3) is 0 Å². The molecule has 1 heterocycles. The number of hydrogen-bond donors (Lipinski definition) is 3. The molecule has 0 fully saturated rings. The second-order valence-corrected chi connectivity index (χ2v) is 5.87. The van der Waals surface area contributed by atoms with Crippen LogP contribution in [0.25, 0.3) is 10.9 Å². The first-order chi connectivity index (χ1) is 10.3. The van der Waals surface area contributed by atoms with E-state index in [-0.39, 0.29) is 24.0 Å². The van der Waals surface area contributed by atoms with Crippen LogP contribution < -0.4 is 10.6 Å². The normalized spacial score (nSPS) is 11.3. The smallest absolute Gasteiger partial charge is 0.190 e. The number of aromatic nitrogens is 1. The lowest BCUT2D eigenvalue weighted by atomic mass is 10.1. The van der Waals surface area contributed by atoms with Crippen molar-refractivity contribution in [1.29, 1.82) is 0 Å². The summed E-state index contributed by atoms with van der Waals surface area (Å²) in [6, 6.07) is 8.41. The Morgan fingerprint density at radius 3 is 2.77 bits per heavy atom. The van der Waals surface area contributed by atoms with E-state index in [9.17, 15) is 0 Å². The van der Waals surface area contributed by atoms with E-state index in [1.54, 1.807) is 0 Å². The van der Waals surface area contributed by atoms with Gasteiger partial charge in [-0.3, -0.25) is 4.99 Å². The summed E-state index contributed by atoms with van der Waals surface area (Å²) in [5.74, 6) is 2.07. The van der Waals surface area contributed by atoms with E-state index < -0.39 is 0 Å². The summed E-state index contributed by atoms with van der Waals surface area (Å²) >= 11 is 1.87. The maximum absolute atomic E-state index is 4.25. The summed E-state index contributed by atoms with van der Waals surface area (Å²) in [6.07, 6.45) is 6.37. The Kier molecular flexibility index (Phi) is 9.38. The minimum atomic E-state index is 0. The van der Waals surface area contributed by atoms with Crippen molar-refractivity contribution < 1.29 is 0 Å². The fraction of sp³-hybridized carbons (Fsp3) is 0.438. The van der Waals surface area contributed by atoms with E-state index in [4.69, 9.17) is 0 Å². The highest BCUT2D eigenvalue weighted by Gasteiger charge is 2.03. The minimum absolute atomic E-state index is 0. The molecule has 4 nitrogen and oxygen atoms in total. The number of fused-ring (bicyclic) bond motifs is 1. The van der Waals surface area contributed by atoms with Gasteiger partial charge in [-0.2, -0.15) is 11.8 Å². The van der Waals surface area contributed by atoms with Crippen molar-refractivity contribution in [1.82, 2.24) is 15.6 Å². The molecule has 1 aromatic heterocycles. The van der Waals surface area contributed by atoms with E-state index in [1.165, 1.54) is 22.2 Å². The van der Waals surface area contributed by atoms with Gasteiger partial charge in [0.2, 0.25) is 0 Å². The fourth-order valence-corrected chi connectivity index (χ4v) is 2.73. The number of para-hydroxylation sites is 1. The van der Waals surface area contributed by atoms with Crippen LogP contribution in [-0.2, 0) is 6.42 Å². The molecule has 0 radical (unpaired) electrons. The third-order valence-corrected chi connectivity index (χ3v) is 4.10. The molecule has 0 unspecified atom stereocenters. The van der Waals surface area contributed by atoms with Gasteiger partial charge in [-0.15, -0.1) is 24.0 Å². The molecule has 2 rings (SSSR count). The van der Waals surface area contributed by atoms with Crippen molar-refractivity contribution in [2.75, 3.05) is 32.1 Å². The van der Waals surface area contributed by atoms with Crippen LogP contribution in [-0.4, -0.2) is 43.1 Å². The molecule has 122 valence electrons. The van der Waals surface area contributed by atoms with Gasteiger partial charge in [-0.1, -0.05) is 18.2 Å². The van der Waals surface area contributed by atoms with Gasteiger partial charge in [0.15, 0.2) is 5.96 Å². The number of hydrogen-bond acceptors (Lipinski definition) is 2. The number of benzene rings is 1. The summed E-state index contributed by atoms with van der Waals surface area (Å²) in [7, 11) is 1.82. The summed E-state index contributed by atoms with van der Waals surface area (Å²) in [5, 5.41) is 8.01. The van der Waals surface area contributed by atoms with Gasteiger partial charge in [-0.05, 0) is 36.5 Å². The fourth-order valence-electron chi connectivity index (χ4n) is 2.30. The van der Waals surface area contributed by atoms with E-state index in [1.807, 2.05) is 18.8 Å². The highest BCUT2D eigenvalue weighted by Crippen LogP contribution is 2.17. The lowest BCUT2D eigenvalue weighted by Gasteiger charge is -2.11. The zero-order valence-corrected chi connectivity index (χ0v) is 16.3. The number of aliphatic imine (C=N–C) groups is 1. The molecule has 0 saturated heterocycles. The highest BCUT2D eigenvalue weighted by atomic mass is 127. The molecule has 0 atom stereocenters. The average Bonchev–Trinajstić information content (AvgIpc) is 2.93. The number of guanidine groups is 1. The van der Waals surface area contributed by atoms with Gasteiger partial charge in [0, 0.05) is 37.2 Å². The third kappa shape index (κ3) is 5.72. The van der Waals surface area contributed by atoms with E-state index >= 15 is 0 Å². The van der Waals surface area contributed by atoms with E-state index in [2.05, 4.69) is 57.3 Å². The number of thioether (sulfide) groups is 1. The average molecular weight is 432 g/mol. The number of H-pyrrole nitrogens is 1. The van der Waals surface area contributed by atoms with Crippen molar-refractivity contribution in [2.24, 2.45) is 4.99 Å². The van der Waals surface area contributed by atoms with Crippen molar-refractivity contribution in [3.8, 4) is 0 Å². The Balaban J connectivity index is 0.00000242. The SMILES string of the molecule is CN=C(NCCCSC)NCCc1c[nH]c2ccccc12.I. The minimum Gasteiger partial charge on any atom is -0.361 e. The maximum Gasteiger partial charge on any atom is 0.190 e. The predicted molar refractivity (Wildman–Crippen MR) is 110 cm³/mol. The molecular formula is C16H25IN4S. The Labute approximate surface area is 154 Å². The second kappa shape index (κ2) is 10.8. The number of rotatable bonds is 7. The van der Waals surface area contributed by atoms with Crippen LogP contribution in [0.15, 0.2) is 35.5 Å². The third-order valence-electron chi connectivity index (χ3n) is 3.40. The van der Waals surface area contributed by atoms with Crippen molar-refractivity contribution in [2.45, 2.75) is 12.8 Å². The lowest BCUT2D eigenvalue weighted by Crippen LogP contribution is -2.38. The van der Waals surface area contributed by atoms with Crippen LogP contribution in [0, 0.1) is 0 Å². The first-order valence-corrected chi connectivity index (χ1v) is 8.73. The predicted octanol–water partition coefficient (Wildman–Crippen LogP) is 3.25. The molecule has 0 spiro atoms.